The fraction of sp³-hybridized carbons (Fsp3) is 0.211. The van der Waals surface area contributed by atoms with Crippen molar-refractivity contribution in [3.63, 3.8) is 0 Å². The van der Waals surface area contributed by atoms with Gasteiger partial charge in [0.1, 0.15) is 5.75 Å². The highest BCUT2D eigenvalue weighted by atomic mass is 19.4. The van der Waals surface area contributed by atoms with Gasteiger partial charge in [-0.15, -0.1) is 0 Å². The van der Waals surface area contributed by atoms with E-state index >= 15 is 0 Å². The molecule has 0 radical (unpaired) electrons. The minimum Gasteiger partial charge on any atom is -0.484 e. The molecule has 0 aromatic heterocycles. The molecule has 0 atom stereocenters. The lowest BCUT2D eigenvalue weighted by molar-refractivity contribution is -0.137. The maximum atomic E-state index is 13.0. The van der Waals surface area contributed by atoms with E-state index in [2.05, 4.69) is 5.32 Å². The Morgan fingerprint density at radius 3 is 2.28 bits per heavy atom. The van der Waals surface area contributed by atoms with E-state index in [0.717, 1.165) is 17.0 Å². The summed E-state index contributed by atoms with van der Waals surface area (Å²) in [6.45, 7) is -0.766. The fourth-order valence-corrected chi connectivity index (χ4v) is 2.38. The molecule has 0 saturated heterocycles. The first kappa shape index (κ1) is 21.7. The molecule has 3 amide bonds. The van der Waals surface area contributed by atoms with Crippen LogP contribution >= 0.6 is 0 Å². The minimum atomic E-state index is -4.62. The summed E-state index contributed by atoms with van der Waals surface area (Å²) in [6, 6.07) is 10.3. The summed E-state index contributed by atoms with van der Waals surface area (Å²) in [6.07, 6.45) is -4.62. The van der Waals surface area contributed by atoms with Crippen molar-refractivity contribution in [1.82, 2.24) is 4.90 Å². The number of rotatable bonds is 7. The molecule has 0 unspecified atom stereocenters. The average molecular weight is 409 g/mol. The normalized spacial score (nSPS) is 10.9. The highest BCUT2D eigenvalue weighted by Gasteiger charge is 2.33. The SMILES string of the molecule is CN(CC(=O)Nc1ccccc1C(F)(F)F)C(=O)c1ccc(OCC(N)=O)cc1. The minimum absolute atomic E-state index is 0.224. The number of amides is 3. The van der Waals surface area contributed by atoms with Crippen molar-refractivity contribution in [3.8, 4) is 5.75 Å². The van der Waals surface area contributed by atoms with Crippen molar-refractivity contribution in [2.24, 2.45) is 5.73 Å². The van der Waals surface area contributed by atoms with Gasteiger partial charge in [-0.25, -0.2) is 0 Å². The number of halogens is 3. The Kier molecular flexibility index (Phi) is 6.81. The van der Waals surface area contributed by atoms with Gasteiger partial charge in [-0.3, -0.25) is 14.4 Å². The molecule has 154 valence electrons. The zero-order chi connectivity index (χ0) is 21.6. The first-order valence-electron chi connectivity index (χ1n) is 8.30. The Morgan fingerprint density at radius 1 is 1.07 bits per heavy atom. The molecule has 0 heterocycles. The number of para-hydroxylation sites is 1. The molecule has 2 aromatic rings. The third-order valence-corrected chi connectivity index (χ3v) is 3.72. The van der Waals surface area contributed by atoms with Crippen molar-refractivity contribution in [2.45, 2.75) is 6.18 Å². The Bertz CT molecular complexity index is 898. The lowest BCUT2D eigenvalue weighted by Gasteiger charge is -2.18. The first-order chi connectivity index (χ1) is 13.6. The summed E-state index contributed by atoms with van der Waals surface area (Å²) in [5, 5.41) is 2.17. The first-order valence-corrected chi connectivity index (χ1v) is 8.30. The van der Waals surface area contributed by atoms with Crippen LogP contribution in [0.25, 0.3) is 0 Å². The molecule has 0 bridgehead atoms. The molecule has 0 fully saturated rings. The van der Waals surface area contributed by atoms with Crippen molar-refractivity contribution in [2.75, 3.05) is 25.5 Å². The highest BCUT2D eigenvalue weighted by Crippen LogP contribution is 2.34. The van der Waals surface area contributed by atoms with E-state index in [1.54, 1.807) is 0 Å². The van der Waals surface area contributed by atoms with E-state index in [-0.39, 0.29) is 17.9 Å². The number of anilines is 1. The van der Waals surface area contributed by atoms with E-state index in [1.165, 1.54) is 43.4 Å². The third-order valence-electron chi connectivity index (χ3n) is 3.72. The van der Waals surface area contributed by atoms with Gasteiger partial charge in [-0.05, 0) is 36.4 Å². The predicted molar refractivity (Wildman–Crippen MR) is 98.2 cm³/mol. The van der Waals surface area contributed by atoms with Crippen LogP contribution in [0.2, 0.25) is 0 Å². The molecular formula is C19H18F3N3O4. The molecule has 0 spiro atoms. The van der Waals surface area contributed by atoms with Crippen LogP contribution in [-0.2, 0) is 15.8 Å². The predicted octanol–water partition coefficient (Wildman–Crippen LogP) is 2.28. The van der Waals surface area contributed by atoms with Gasteiger partial charge in [0, 0.05) is 12.6 Å². The van der Waals surface area contributed by atoms with Crippen LogP contribution in [0, 0.1) is 0 Å². The lowest BCUT2D eigenvalue weighted by atomic mass is 10.1. The number of hydrogen-bond donors (Lipinski definition) is 2. The molecule has 0 saturated carbocycles. The fourth-order valence-electron chi connectivity index (χ4n) is 2.38. The van der Waals surface area contributed by atoms with Gasteiger partial charge in [0.2, 0.25) is 5.91 Å². The van der Waals surface area contributed by atoms with Gasteiger partial charge < -0.3 is 20.7 Å². The van der Waals surface area contributed by atoms with Gasteiger partial charge in [0.25, 0.3) is 11.8 Å². The van der Waals surface area contributed by atoms with E-state index in [0.29, 0.717) is 5.75 Å². The number of likely N-dealkylation sites (N-methyl/N-ethyl adjacent to an activating group) is 1. The molecule has 7 nitrogen and oxygen atoms in total. The van der Waals surface area contributed by atoms with Gasteiger partial charge in [-0.2, -0.15) is 13.2 Å². The molecule has 0 aliphatic heterocycles. The number of carbonyl (C=O) groups is 3. The van der Waals surface area contributed by atoms with Crippen LogP contribution in [-0.4, -0.2) is 42.8 Å². The second-order valence-electron chi connectivity index (χ2n) is 6.03. The quantitative estimate of drug-likeness (QED) is 0.733. The highest BCUT2D eigenvalue weighted by molar-refractivity contribution is 5.99. The summed E-state index contributed by atoms with van der Waals surface area (Å²) < 4.78 is 44.0. The summed E-state index contributed by atoms with van der Waals surface area (Å²) in [4.78, 5) is 36.2. The molecule has 3 N–H and O–H groups in total. The summed E-state index contributed by atoms with van der Waals surface area (Å²) in [5.41, 5.74) is 3.83. The number of benzene rings is 2. The second-order valence-corrected chi connectivity index (χ2v) is 6.03. The number of carbonyl (C=O) groups excluding carboxylic acids is 3. The molecule has 10 heteroatoms. The maximum Gasteiger partial charge on any atom is 0.418 e. The van der Waals surface area contributed by atoms with Crippen LogP contribution in [0.1, 0.15) is 15.9 Å². The number of nitrogens with zero attached hydrogens (tertiary/aromatic N) is 1. The zero-order valence-electron chi connectivity index (χ0n) is 15.3. The zero-order valence-corrected chi connectivity index (χ0v) is 15.3. The number of ether oxygens (including phenoxy) is 1. The van der Waals surface area contributed by atoms with E-state index < -0.39 is 36.0 Å². The molecule has 2 rings (SSSR count). The summed E-state index contributed by atoms with van der Waals surface area (Å²) in [5.74, 6) is -1.63. The monoisotopic (exact) mass is 409 g/mol. The number of hydrogen-bond acceptors (Lipinski definition) is 4. The molecule has 29 heavy (non-hydrogen) atoms. The average Bonchev–Trinajstić information content (AvgIpc) is 2.65. The number of alkyl halides is 3. The largest absolute Gasteiger partial charge is 0.484 e. The number of nitrogens with one attached hydrogen (secondary N) is 1. The Hall–Kier alpha value is -3.56. The van der Waals surface area contributed by atoms with E-state index in [1.807, 2.05) is 0 Å². The van der Waals surface area contributed by atoms with Crippen LogP contribution < -0.4 is 15.8 Å². The second kappa shape index (κ2) is 9.09. The molecular weight excluding hydrogens is 391 g/mol. The van der Waals surface area contributed by atoms with Crippen LogP contribution in [0.4, 0.5) is 18.9 Å². The Balaban J connectivity index is 1.99. The number of nitrogens with two attached hydrogens (primary N) is 1. The Labute approximate surface area is 164 Å². The van der Waals surface area contributed by atoms with Crippen LogP contribution in [0.15, 0.2) is 48.5 Å². The van der Waals surface area contributed by atoms with Crippen molar-refractivity contribution in [3.05, 3.63) is 59.7 Å². The smallest absolute Gasteiger partial charge is 0.418 e. The van der Waals surface area contributed by atoms with Crippen molar-refractivity contribution >= 4 is 23.4 Å². The number of primary amides is 1. The third kappa shape index (κ3) is 6.23. The standard InChI is InChI=1S/C19H18F3N3O4/c1-25(18(28)12-6-8-13(9-7-12)29-11-16(23)26)10-17(27)24-15-5-3-2-4-14(15)19(20,21)22/h2-9H,10-11H2,1H3,(H2,23,26)(H,24,27). The van der Waals surface area contributed by atoms with Gasteiger partial charge >= 0.3 is 6.18 Å². The van der Waals surface area contributed by atoms with E-state index in [4.69, 9.17) is 10.5 Å². The summed E-state index contributed by atoms with van der Waals surface area (Å²) >= 11 is 0. The lowest BCUT2D eigenvalue weighted by Crippen LogP contribution is -2.35. The summed E-state index contributed by atoms with van der Waals surface area (Å²) in [7, 11) is 1.34. The maximum absolute atomic E-state index is 13.0. The van der Waals surface area contributed by atoms with Gasteiger partial charge in [0.15, 0.2) is 6.61 Å². The van der Waals surface area contributed by atoms with Gasteiger partial charge in [0.05, 0.1) is 17.8 Å². The van der Waals surface area contributed by atoms with Gasteiger partial charge in [-0.1, -0.05) is 12.1 Å². The molecule has 0 aliphatic rings. The van der Waals surface area contributed by atoms with E-state index in [9.17, 15) is 27.6 Å². The molecule has 0 aliphatic carbocycles. The van der Waals surface area contributed by atoms with Crippen LogP contribution in [0.5, 0.6) is 5.75 Å². The van der Waals surface area contributed by atoms with Crippen molar-refractivity contribution < 1.29 is 32.3 Å². The molecule has 2 aromatic carbocycles. The topological polar surface area (TPSA) is 102 Å². The van der Waals surface area contributed by atoms with Crippen molar-refractivity contribution in [1.29, 1.82) is 0 Å². The Morgan fingerprint density at radius 2 is 1.69 bits per heavy atom. The van der Waals surface area contributed by atoms with Crippen LogP contribution in [0.3, 0.4) is 0 Å².